The molecule has 0 fully saturated rings. The van der Waals surface area contributed by atoms with E-state index >= 15 is 0 Å². The number of aryl methyl sites for hydroxylation is 2. The van der Waals surface area contributed by atoms with Crippen LogP contribution in [-0.4, -0.2) is 24.2 Å². The summed E-state index contributed by atoms with van der Waals surface area (Å²) in [6, 6.07) is 12.0. The highest BCUT2D eigenvalue weighted by atomic mass is 79.9. The Hall–Kier alpha value is -2.27. The zero-order chi connectivity index (χ0) is 19.4. The molecule has 0 aliphatic rings. The molecule has 0 aliphatic carbocycles. The van der Waals surface area contributed by atoms with Crippen molar-refractivity contribution in [3.63, 3.8) is 0 Å². The fourth-order valence-electron chi connectivity index (χ4n) is 3.19. The maximum absolute atomic E-state index is 12.4. The SMILES string of the molecule is CCOC(=O)c1[nH]c2c(Br)cccc2c1CCCOc1cccc(C)c1C. The van der Waals surface area contributed by atoms with Gasteiger partial charge in [-0.2, -0.15) is 0 Å². The first-order chi connectivity index (χ1) is 13.0. The second kappa shape index (κ2) is 8.61. The second-order valence-electron chi connectivity index (χ2n) is 6.51. The predicted molar refractivity (Wildman–Crippen MR) is 112 cm³/mol. The lowest BCUT2D eigenvalue weighted by atomic mass is 10.1. The van der Waals surface area contributed by atoms with Crippen LogP contribution in [0.15, 0.2) is 40.9 Å². The average Bonchev–Trinajstić information content (AvgIpc) is 3.02. The van der Waals surface area contributed by atoms with Crippen LogP contribution in [0, 0.1) is 13.8 Å². The van der Waals surface area contributed by atoms with Crippen LogP contribution in [0.1, 0.15) is 40.5 Å². The van der Waals surface area contributed by atoms with Crippen molar-refractivity contribution in [1.29, 1.82) is 0 Å². The number of carbonyl (C=O) groups is 1. The van der Waals surface area contributed by atoms with Gasteiger partial charge in [-0.3, -0.25) is 0 Å². The fraction of sp³-hybridized carbons (Fsp3) is 0.318. The minimum atomic E-state index is -0.314. The largest absolute Gasteiger partial charge is 0.493 e. The van der Waals surface area contributed by atoms with Gasteiger partial charge in [-0.1, -0.05) is 24.3 Å². The predicted octanol–water partition coefficient (Wildman–Crippen LogP) is 5.74. The molecule has 0 spiro atoms. The number of aromatic amines is 1. The average molecular weight is 430 g/mol. The number of nitrogens with one attached hydrogen (secondary N) is 1. The number of hydrogen-bond acceptors (Lipinski definition) is 3. The number of fused-ring (bicyclic) bond motifs is 1. The van der Waals surface area contributed by atoms with Crippen molar-refractivity contribution in [2.45, 2.75) is 33.6 Å². The fourth-order valence-corrected chi connectivity index (χ4v) is 3.65. The van der Waals surface area contributed by atoms with Crippen LogP contribution in [0.2, 0.25) is 0 Å². The number of esters is 1. The zero-order valence-corrected chi connectivity index (χ0v) is 17.5. The van der Waals surface area contributed by atoms with E-state index in [4.69, 9.17) is 9.47 Å². The Balaban J connectivity index is 1.77. The normalized spacial score (nSPS) is 11.0. The van der Waals surface area contributed by atoms with Crippen LogP contribution in [0.25, 0.3) is 10.9 Å². The van der Waals surface area contributed by atoms with Crippen LogP contribution in [-0.2, 0) is 11.2 Å². The highest BCUT2D eigenvalue weighted by molar-refractivity contribution is 9.10. The van der Waals surface area contributed by atoms with Gasteiger partial charge in [-0.05, 0) is 78.4 Å². The second-order valence-corrected chi connectivity index (χ2v) is 7.37. The molecule has 3 aromatic rings. The van der Waals surface area contributed by atoms with Gasteiger partial charge < -0.3 is 14.5 Å². The molecule has 0 bridgehead atoms. The molecule has 0 saturated heterocycles. The number of rotatable bonds is 7. The van der Waals surface area contributed by atoms with E-state index in [0.717, 1.165) is 39.5 Å². The van der Waals surface area contributed by atoms with E-state index in [1.165, 1.54) is 11.1 Å². The van der Waals surface area contributed by atoms with Crippen molar-refractivity contribution < 1.29 is 14.3 Å². The number of ether oxygens (including phenoxy) is 2. The molecule has 0 aliphatic heterocycles. The molecule has 5 heteroatoms. The Labute approximate surface area is 168 Å². The van der Waals surface area contributed by atoms with Gasteiger partial charge in [0.1, 0.15) is 11.4 Å². The highest BCUT2D eigenvalue weighted by Crippen LogP contribution is 2.30. The Kier molecular flexibility index (Phi) is 6.22. The van der Waals surface area contributed by atoms with Gasteiger partial charge >= 0.3 is 5.97 Å². The van der Waals surface area contributed by atoms with E-state index in [9.17, 15) is 4.79 Å². The molecular formula is C22H24BrNO3. The lowest BCUT2D eigenvalue weighted by Gasteiger charge is -2.11. The Morgan fingerprint density at radius 2 is 1.93 bits per heavy atom. The monoisotopic (exact) mass is 429 g/mol. The third-order valence-corrected chi connectivity index (χ3v) is 5.41. The highest BCUT2D eigenvalue weighted by Gasteiger charge is 2.19. The Morgan fingerprint density at radius 3 is 2.70 bits per heavy atom. The van der Waals surface area contributed by atoms with Gasteiger partial charge in [0.25, 0.3) is 0 Å². The number of benzene rings is 2. The number of hydrogen-bond donors (Lipinski definition) is 1. The molecule has 1 N–H and O–H groups in total. The first-order valence-electron chi connectivity index (χ1n) is 9.18. The lowest BCUT2D eigenvalue weighted by molar-refractivity contribution is 0.0519. The van der Waals surface area contributed by atoms with Gasteiger partial charge in [0, 0.05) is 9.86 Å². The molecule has 142 valence electrons. The summed E-state index contributed by atoms with van der Waals surface area (Å²) in [4.78, 5) is 15.6. The smallest absolute Gasteiger partial charge is 0.355 e. The molecule has 3 rings (SSSR count). The van der Waals surface area contributed by atoms with Crippen molar-refractivity contribution in [3.8, 4) is 5.75 Å². The number of halogens is 1. The third-order valence-electron chi connectivity index (χ3n) is 4.75. The summed E-state index contributed by atoms with van der Waals surface area (Å²) in [6.07, 6.45) is 1.54. The van der Waals surface area contributed by atoms with Gasteiger partial charge in [0.15, 0.2) is 0 Å². The van der Waals surface area contributed by atoms with Gasteiger partial charge in [0.2, 0.25) is 0 Å². The minimum Gasteiger partial charge on any atom is -0.493 e. The summed E-state index contributed by atoms with van der Waals surface area (Å²) in [5, 5.41) is 1.04. The van der Waals surface area contributed by atoms with Gasteiger partial charge in [-0.15, -0.1) is 0 Å². The first-order valence-corrected chi connectivity index (χ1v) is 9.97. The van der Waals surface area contributed by atoms with E-state index in [1.54, 1.807) is 0 Å². The van der Waals surface area contributed by atoms with Crippen LogP contribution >= 0.6 is 15.9 Å². The summed E-state index contributed by atoms with van der Waals surface area (Å²) in [7, 11) is 0. The van der Waals surface area contributed by atoms with Crippen LogP contribution in [0.3, 0.4) is 0 Å². The molecule has 0 saturated carbocycles. The first kappa shape index (κ1) is 19.5. The quantitative estimate of drug-likeness (QED) is 0.385. The summed E-state index contributed by atoms with van der Waals surface area (Å²) < 4.78 is 12.1. The maximum atomic E-state index is 12.4. The third kappa shape index (κ3) is 4.19. The molecule has 1 aromatic heterocycles. The summed E-state index contributed by atoms with van der Waals surface area (Å²) in [5.74, 6) is 0.605. The standard InChI is InChI=1S/C22H24BrNO3/c1-4-26-22(25)21-17(16-9-6-11-18(23)20(16)24-21)10-7-13-27-19-12-5-8-14(2)15(19)3/h5-6,8-9,11-12,24H,4,7,10,13H2,1-3H3. The molecule has 0 atom stereocenters. The van der Waals surface area contributed by atoms with E-state index in [0.29, 0.717) is 18.9 Å². The maximum Gasteiger partial charge on any atom is 0.355 e. The topological polar surface area (TPSA) is 51.3 Å². The Morgan fingerprint density at radius 1 is 1.15 bits per heavy atom. The van der Waals surface area contributed by atoms with E-state index in [-0.39, 0.29) is 5.97 Å². The number of H-pyrrole nitrogens is 1. The molecule has 4 nitrogen and oxygen atoms in total. The van der Waals surface area contributed by atoms with Gasteiger partial charge in [-0.25, -0.2) is 4.79 Å². The summed E-state index contributed by atoms with van der Waals surface area (Å²) in [6.45, 7) is 6.91. The number of carbonyl (C=O) groups excluding carboxylic acids is 1. The van der Waals surface area contributed by atoms with Crippen molar-refractivity contribution in [2.24, 2.45) is 0 Å². The van der Waals surface area contributed by atoms with E-state index < -0.39 is 0 Å². The van der Waals surface area contributed by atoms with Crippen molar-refractivity contribution in [3.05, 3.63) is 63.3 Å². The lowest BCUT2D eigenvalue weighted by Crippen LogP contribution is -2.09. The van der Waals surface area contributed by atoms with Crippen molar-refractivity contribution >= 4 is 32.8 Å². The van der Waals surface area contributed by atoms with Crippen molar-refractivity contribution in [2.75, 3.05) is 13.2 Å². The van der Waals surface area contributed by atoms with Crippen LogP contribution < -0.4 is 4.74 Å². The molecule has 27 heavy (non-hydrogen) atoms. The number of para-hydroxylation sites is 1. The van der Waals surface area contributed by atoms with E-state index in [1.807, 2.05) is 37.3 Å². The number of aromatic nitrogens is 1. The zero-order valence-electron chi connectivity index (χ0n) is 15.9. The molecule has 0 amide bonds. The molecular weight excluding hydrogens is 406 g/mol. The van der Waals surface area contributed by atoms with Gasteiger partial charge in [0.05, 0.1) is 18.7 Å². The van der Waals surface area contributed by atoms with Crippen LogP contribution in [0.5, 0.6) is 5.75 Å². The summed E-state index contributed by atoms with van der Waals surface area (Å²) >= 11 is 3.55. The Bertz CT molecular complexity index is 962. The molecule has 2 aromatic carbocycles. The summed E-state index contributed by atoms with van der Waals surface area (Å²) in [5.41, 5.74) is 4.82. The minimum absolute atomic E-state index is 0.314. The molecule has 0 unspecified atom stereocenters. The molecule has 1 heterocycles. The van der Waals surface area contributed by atoms with Crippen LogP contribution in [0.4, 0.5) is 0 Å². The van der Waals surface area contributed by atoms with E-state index in [2.05, 4.69) is 40.8 Å². The van der Waals surface area contributed by atoms with Crippen molar-refractivity contribution in [1.82, 2.24) is 4.98 Å². The molecule has 0 radical (unpaired) electrons.